The van der Waals surface area contributed by atoms with Gasteiger partial charge in [0.2, 0.25) is 0 Å². The molecule has 25 heavy (non-hydrogen) atoms. The first-order valence-electron chi connectivity index (χ1n) is 7.18. The summed E-state index contributed by atoms with van der Waals surface area (Å²) in [5, 5.41) is 46.2. The van der Waals surface area contributed by atoms with Crippen LogP contribution in [0.5, 0.6) is 0 Å². The molecule has 0 aliphatic carbocycles. The fourth-order valence-corrected chi connectivity index (χ4v) is 2.58. The van der Waals surface area contributed by atoms with E-state index in [1.54, 1.807) is 0 Å². The molecule has 0 unspecified atom stereocenters. The number of hydrogen-bond donors (Lipinski definition) is 7. The minimum atomic E-state index is -4.16. The van der Waals surface area contributed by atoms with E-state index in [-0.39, 0.29) is 26.4 Å². The molecule has 5 atom stereocenters. The van der Waals surface area contributed by atoms with Crippen molar-refractivity contribution in [1.82, 2.24) is 9.44 Å². The second-order valence-electron chi connectivity index (χ2n) is 4.99. The van der Waals surface area contributed by atoms with Crippen LogP contribution in [0.3, 0.4) is 0 Å². The number of aliphatic hydroxyl groups excluding tert-OH is 4. The Morgan fingerprint density at radius 3 is 2.36 bits per heavy atom. The summed E-state index contributed by atoms with van der Waals surface area (Å²) in [6.45, 7) is -0.973. The Morgan fingerprint density at radius 1 is 1.08 bits per heavy atom. The van der Waals surface area contributed by atoms with Gasteiger partial charge in [-0.15, -0.1) is 0 Å². The lowest BCUT2D eigenvalue weighted by Gasteiger charge is -2.39. The Balaban J connectivity index is 2.20. The molecule has 14 heteroatoms. The quantitative estimate of drug-likeness (QED) is 0.179. The number of hydrogen-bond acceptors (Lipinski definition) is 10. The molecule has 1 aliphatic heterocycles. The Kier molecular flexibility index (Phi) is 8.91. The molecule has 1 heterocycles. The number of amides is 1. The fraction of sp³-hybridized carbons (Fsp3) is 0.909. The van der Waals surface area contributed by atoms with Gasteiger partial charge in [-0.3, -0.25) is 0 Å². The molecular formula is C11H22N2O11S. The highest BCUT2D eigenvalue weighted by Crippen LogP contribution is 2.21. The third-order valence-electron chi connectivity index (χ3n) is 3.12. The van der Waals surface area contributed by atoms with Gasteiger partial charge >= 0.3 is 16.3 Å². The number of ether oxygens (including phenoxy) is 3. The first-order valence-corrected chi connectivity index (χ1v) is 8.66. The molecule has 148 valence electrons. The molecule has 1 saturated heterocycles. The summed E-state index contributed by atoms with van der Waals surface area (Å²) in [7, 11) is -4.16. The standard InChI is InChI=1S/C11H22N2O11S/c14-5-6-7(15)8(16)9(17)10(24-6)23-4-3-22-2-1-12-25(20,21)13-11(18)19/h6-10,12-17H,1-5H2,(H,18,19)/t6-,7-,8+,9-,10-/m1/s1. The van der Waals surface area contributed by atoms with Gasteiger partial charge in [0, 0.05) is 6.54 Å². The largest absolute Gasteiger partial charge is 0.464 e. The summed E-state index contributed by atoms with van der Waals surface area (Å²) < 4.78 is 40.7. The maximum atomic E-state index is 11.1. The lowest BCUT2D eigenvalue weighted by atomic mass is 9.99. The third kappa shape index (κ3) is 7.35. The lowest BCUT2D eigenvalue weighted by molar-refractivity contribution is -0.302. The molecule has 0 spiro atoms. The molecule has 0 aromatic carbocycles. The van der Waals surface area contributed by atoms with Crippen LogP contribution in [0.15, 0.2) is 0 Å². The van der Waals surface area contributed by atoms with Gasteiger partial charge in [0.15, 0.2) is 6.29 Å². The minimum absolute atomic E-state index is 0.0247. The Labute approximate surface area is 143 Å². The molecule has 0 saturated carbocycles. The van der Waals surface area contributed by atoms with Crippen molar-refractivity contribution in [2.24, 2.45) is 0 Å². The maximum absolute atomic E-state index is 11.1. The van der Waals surface area contributed by atoms with E-state index >= 15 is 0 Å². The Hall–Kier alpha value is -1.10. The fourth-order valence-electron chi connectivity index (χ4n) is 1.93. The number of aliphatic hydroxyl groups is 4. The number of nitrogens with one attached hydrogen (secondary N) is 2. The van der Waals surface area contributed by atoms with Gasteiger partial charge in [-0.05, 0) is 0 Å². The van der Waals surface area contributed by atoms with E-state index in [2.05, 4.69) is 0 Å². The third-order valence-corrected chi connectivity index (χ3v) is 4.15. The molecule has 1 fully saturated rings. The van der Waals surface area contributed by atoms with Crippen molar-refractivity contribution in [3.8, 4) is 0 Å². The zero-order valence-electron chi connectivity index (χ0n) is 13.0. The van der Waals surface area contributed by atoms with Crippen LogP contribution in [-0.2, 0) is 24.4 Å². The van der Waals surface area contributed by atoms with E-state index in [1.807, 2.05) is 4.72 Å². The van der Waals surface area contributed by atoms with Crippen molar-refractivity contribution in [1.29, 1.82) is 0 Å². The van der Waals surface area contributed by atoms with Gasteiger partial charge in [-0.1, -0.05) is 0 Å². The van der Waals surface area contributed by atoms with E-state index < -0.39 is 53.6 Å². The normalized spacial score (nSPS) is 30.2. The van der Waals surface area contributed by atoms with Crippen molar-refractivity contribution in [3.05, 3.63) is 0 Å². The van der Waals surface area contributed by atoms with Crippen molar-refractivity contribution in [2.75, 3.05) is 33.0 Å². The molecule has 7 N–H and O–H groups in total. The summed E-state index contributed by atoms with van der Waals surface area (Å²) in [5.74, 6) is 0. The molecule has 0 aromatic heterocycles. The van der Waals surface area contributed by atoms with Crippen molar-refractivity contribution in [2.45, 2.75) is 30.7 Å². The minimum Gasteiger partial charge on any atom is -0.464 e. The van der Waals surface area contributed by atoms with Crippen LogP contribution in [-0.4, -0.2) is 104 Å². The van der Waals surface area contributed by atoms with Crippen molar-refractivity contribution >= 4 is 16.3 Å². The highest BCUT2D eigenvalue weighted by molar-refractivity contribution is 7.88. The van der Waals surface area contributed by atoms with Gasteiger partial charge in [-0.25, -0.2) is 9.52 Å². The van der Waals surface area contributed by atoms with Crippen molar-refractivity contribution in [3.63, 3.8) is 0 Å². The summed E-state index contributed by atoms with van der Waals surface area (Å²) >= 11 is 0. The average molecular weight is 390 g/mol. The predicted molar refractivity (Wildman–Crippen MR) is 78.6 cm³/mol. The molecule has 1 rings (SSSR count). The summed E-state index contributed by atoms with van der Waals surface area (Å²) in [5.41, 5.74) is 0. The van der Waals surface area contributed by atoms with Gasteiger partial charge in [-0.2, -0.15) is 13.1 Å². The number of rotatable bonds is 10. The summed E-state index contributed by atoms with van der Waals surface area (Å²) in [6, 6.07) is 0. The lowest BCUT2D eigenvalue weighted by Crippen LogP contribution is -2.59. The zero-order valence-corrected chi connectivity index (χ0v) is 13.8. The molecule has 0 bridgehead atoms. The van der Waals surface area contributed by atoms with E-state index in [0.717, 1.165) is 0 Å². The second kappa shape index (κ2) is 10.1. The van der Waals surface area contributed by atoms with Crippen LogP contribution >= 0.6 is 0 Å². The molecule has 1 amide bonds. The Morgan fingerprint density at radius 2 is 1.76 bits per heavy atom. The van der Waals surface area contributed by atoms with Crippen LogP contribution in [0.1, 0.15) is 0 Å². The van der Waals surface area contributed by atoms with E-state index in [4.69, 9.17) is 24.4 Å². The maximum Gasteiger partial charge on any atom is 0.419 e. The van der Waals surface area contributed by atoms with E-state index in [0.29, 0.717) is 0 Å². The van der Waals surface area contributed by atoms with Crippen LogP contribution in [0.25, 0.3) is 0 Å². The smallest absolute Gasteiger partial charge is 0.419 e. The molecule has 1 aliphatic rings. The number of carbonyl (C=O) groups is 1. The van der Waals surface area contributed by atoms with Crippen LogP contribution in [0.4, 0.5) is 4.79 Å². The average Bonchev–Trinajstić information content (AvgIpc) is 2.52. The van der Waals surface area contributed by atoms with Gasteiger partial charge in [0.25, 0.3) is 0 Å². The molecule has 0 radical (unpaired) electrons. The van der Waals surface area contributed by atoms with Crippen LogP contribution < -0.4 is 9.44 Å². The summed E-state index contributed by atoms with van der Waals surface area (Å²) in [6.07, 6.45) is -8.64. The van der Waals surface area contributed by atoms with E-state index in [9.17, 15) is 28.5 Å². The van der Waals surface area contributed by atoms with Crippen LogP contribution in [0.2, 0.25) is 0 Å². The van der Waals surface area contributed by atoms with Gasteiger partial charge in [0.05, 0.1) is 26.4 Å². The molecule has 0 aromatic rings. The van der Waals surface area contributed by atoms with Crippen molar-refractivity contribution < 1.29 is 53.0 Å². The number of carboxylic acid groups (broad SMARTS) is 1. The van der Waals surface area contributed by atoms with Gasteiger partial charge < -0.3 is 39.7 Å². The highest BCUT2D eigenvalue weighted by Gasteiger charge is 2.43. The first-order chi connectivity index (χ1) is 11.7. The topological polar surface area (TPSA) is 204 Å². The zero-order chi connectivity index (χ0) is 19.0. The summed E-state index contributed by atoms with van der Waals surface area (Å²) in [4.78, 5) is 10.2. The SMILES string of the molecule is O=C(O)NS(=O)(=O)NCCOCCO[C@@H]1O[C@H](CO)[C@@H](O)[C@H](O)[C@H]1O. The second-order valence-corrected chi connectivity index (χ2v) is 6.49. The molecular weight excluding hydrogens is 368 g/mol. The Bertz CT molecular complexity index is 514. The first kappa shape index (κ1) is 21.9. The molecule has 13 nitrogen and oxygen atoms in total. The predicted octanol–water partition coefficient (Wildman–Crippen LogP) is -4.08. The van der Waals surface area contributed by atoms with Gasteiger partial charge in [0.1, 0.15) is 24.4 Å². The highest BCUT2D eigenvalue weighted by atomic mass is 32.2. The van der Waals surface area contributed by atoms with Crippen LogP contribution in [0, 0.1) is 0 Å². The monoisotopic (exact) mass is 390 g/mol. The van der Waals surface area contributed by atoms with E-state index in [1.165, 1.54) is 4.72 Å².